The Hall–Kier alpha value is -2.81. The zero-order valence-electron chi connectivity index (χ0n) is 11.0. The number of hydrogen-bond acceptors (Lipinski definition) is 5. The van der Waals surface area contributed by atoms with Crippen molar-refractivity contribution in [3.05, 3.63) is 68.3 Å². The number of nitro benzene ring substituents is 2. The molecule has 3 rings (SSSR count). The molecule has 0 bridgehead atoms. The largest absolute Gasteiger partial charge is 0.300 e. The van der Waals surface area contributed by atoms with Crippen molar-refractivity contribution in [1.82, 2.24) is 0 Å². The number of nitrogens with zero attached hydrogens (tertiary/aromatic N) is 3. The van der Waals surface area contributed by atoms with Crippen LogP contribution in [0.5, 0.6) is 0 Å². The molecular formula is C13H9N3O5S. The van der Waals surface area contributed by atoms with E-state index in [4.69, 9.17) is 0 Å². The van der Waals surface area contributed by atoms with E-state index < -0.39 is 26.5 Å². The first-order valence-electron chi connectivity index (χ1n) is 6.19. The van der Waals surface area contributed by atoms with E-state index in [2.05, 4.69) is 0 Å². The zero-order valence-corrected chi connectivity index (χ0v) is 11.9. The summed E-state index contributed by atoms with van der Waals surface area (Å²) in [4.78, 5) is 21.1. The van der Waals surface area contributed by atoms with Gasteiger partial charge in [-0.25, -0.2) is 4.21 Å². The van der Waals surface area contributed by atoms with Gasteiger partial charge in [0.15, 0.2) is 11.0 Å². The molecule has 0 fully saturated rings. The van der Waals surface area contributed by atoms with Crippen LogP contribution >= 0.6 is 0 Å². The minimum Gasteiger partial charge on any atom is -0.277 e. The molecular weight excluding hydrogens is 310 g/mol. The fourth-order valence-corrected chi connectivity index (χ4v) is 3.67. The summed E-state index contributed by atoms with van der Waals surface area (Å²) in [7, 11) is -1.57. The molecule has 0 spiro atoms. The number of hydrogen-bond donors (Lipinski definition) is 0. The summed E-state index contributed by atoms with van der Waals surface area (Å²) in [5, 5.41) is 22.0. The smallest absolute Gasteiger partial charge is 0.277 e. The van der Waals surface area contributed by atoms with Crippen LogP contribution in [0, 0.1) is 20.2 Å². The van der Waals surface area contributed by atoms with Gasteiger partial charge in [0.1, 0.15) is 5.69 Å². The van der Waals surface area contributed by atoms with Crippen LogP contribution in [0.2, 0.25) is 0 Å². The van der Waals surface area contributed by atoms with Crippen LogP contribution in [0.25, 0.3) is 0 Å². The molecule has 1 unspecified atom stereocenters. The highest BCUT2D eigenvalue weighted by Gasteiger charge is 2.32. The lowest BCUT2D eigenvalue weighted by Gasteiger charge is -2.15. The van der Waals surface area contributed by atoms with E-state index in [9.17, 15) is 24.4 Å². The molecule has 0 radical (unpaired) electrons. The Kier molecular flexibility index (Phi) is 3.33. The number of anilines is 1. The summed E-state index contributed by atoms with van der Waals surface area (Å²) in [6, 6.07) is 10.3. The summed E-state index contributed by atoms with van der Waals surface area (Å²) in [5.41, 5.74) is 0.104. The van der Waals surface area contributed by atoms with E-state index >= 15 is 0 Å². The van der Waals surface area contributed by atoms with Crippen LogP contribution in [-0.2, 0) is 17.5 Å². The monoisotopic (exact) mass is 319 g/mol. The lowest BCUT2D eigenvalue weighted by Crippen LogP contribution is -2.19. The van der Waals surface area contributed by atoms with Crippen molar-refractivity contribution < 1.29 is 14.1 Å². The number of nitro groups is 2. The molecule has 1 aliphatic rings. The highest BCUT2D eigenvalue weighted by molar-refractivity contribution is 7.86. The van der Waals surface area contributed by atoms with Crippen molar-refractivity contribution in [2.24, 2.45) is 0 Å². The Bertz CT molecular complexity index is 823. The number of benzene rings is 2. The van der Waals surface area contributed by atoms with Gasteiger partial charge in [-0.1, -0.05) is 18.2 Å². The van der Waals surface area contributed by atoms with E-state index in [0.29, 0.717) is 4.90 Å². The normalized spacial score (nSPS) is 16.4. The van der Waals surface area contributed by atoms with Crippen LogP contribution in [0.1, 0.15) is 5.56 Å². The van der Waals surface area contributed by atoms with Gasteiger partial charge in [-0.05, 0) is 17.7 Å². The Labute approximate surface area is 126 Å². The molecule has 9 heteroatoms. The maximum Gasteiger partial charge on any atom is 0.300 e. The second-order valence-electron chi connectivity index (χ2n) is 4.58. The summed E-state index contributed by atoms with van der Waals surface area (Å²) < 4.78 is 13.8. The highest BCUT2D eigenvalue weighted by atomic mass is 32.2. The van der Waals surface area contributed by atoms with Crippen molar-refractivity contribution in [3.63, 3.8) is 0 Å². The summed E-state index contributed by atoms with van der Waals surface area (Å²) in [5.74, 6) is 0. The molecule has 0 aliphatic carbocycles. The van der Waals surface area contributed by atoms with Gasteiger partial charge in [0.25, 0.3) is 11.4 Å². The van der Waals surface area contributed by atoms with Crippen LogP contribution in [0.3, 0.4) is 0 Å². The van der Waals surface area contributed by atoms with Gasteiger partial charge in [0, 0.05) is 6.07 Å². The second-order valence-corrected chi connectivity index (χ2v) is 5.96. The van der Waals surface area contributed by atoms with Crippen LogP contribution in [-0.4, -0.2) is 14.1 Å². The van der Waals surface area contributed by atoms with Crippen LogP contribution in [0.4, 0.5) is 17.1 Å². The Morgan fingerprint density at radius 1 is 1.05 bits per heavy atom. The highest BCUT2D eigenvalue weighted by Crippen LogP contribution is 2.38. The molecule has 22 heavy (non-hydrogen) atoms. The minimum atomic E-state index is -1.57. The molecule has 0 amide bonds. The fourth-order valence-electron chi connectivity index (χ4n) is 2.29. The SMILES string of the molecule is O=[N+]([O-])c1ccc(N2Cc3ccccc3S2=O)c([N+](=O)[O-])c1. The quantitative estimate of drug-likeness (QED) is 0.638. The summed E-state index contributed by atoms with van der Waals surface area (Å²) in [6.45, 7) is 0.251. The van der Waals surface area contributed by atoms with Crippen LogP contribution < -0.4 is 4.31 Å². The predicted octanol–water partition coefficient (Wildman–Crippen LogP) is 2.55. The van der Waals surface area contributed by atoms with Gasteiger partial charge in [-0.15, -0.1) is 0 Å². The summed E-state index contributed by atoms with van der Waals surface area (Å²) in [6.07, 6.45) is 0. The lowest BCUT2D eigenvalue weighted by atomic mass is 10.2. The van der Waals surface area contributed by atoms with Crippen LogP contribution in [0.15, 0.2) is 47.4 Å². The van der Waals surface area contributed by atoms with E-state index in [0.717, 1.165) is 11.6 Å². The molecule has 1 heterocycles. The van der Waals surface area contributed by atoms with Crippen molar-refractivity contribution in [3.8, 4) is 0 Å². The minimum absolute atomic E-state index is 0.102. The van der Waals surface area contributed by atoms with E-state index in [1.165, 1.54) is 16.4 Å². The maximum absolute atomic E-state index is 12.5. The average molecular weight is 319 g/mol. The van der Waals surface area contributed by atoms with Crippen molar-refractivity contribution in [2.45, 2.75) is 11.4 Å². The van der Waals surface area contributed by atoms with Crippen molar-refractivity contribution >= 4 is 28.0 Å². The first-order valence-corrected chi connectivity index (χ1v) is 7.30. The third-order valence-corrected chi connectivity index (χ3v) is 4.81. The molecule has 0 saturated heterocycles. The van der Waals surface area contributed by atoms with E-state index in [1.54, 1.807) is 24.3 Å². The number of non-ortho nitro benzene ring substituents is 1. The van der Waals surface area contributed by atoms with Crippen molar-refractivity contribution in [2.75, 3.05) is 4.31 Å². The fraction of sp³-hybridized carbons (Fsp3) is 0.0769. The molecule has 112 valence electrons. The molecule has 1 aliphatic heterocycles. The zero-order chi connectivity index (χ0) is 15.9. The Morgan fingerprint density at radius 2 is 1.77 bits per heavy atom. The van der Waals surface area contributed by atoms with Gasteiger partial charge in [0.2, 0.25) is 0 Å². The third kappa shape index (κ3) is 2.21. The number of rotatable bonds is 3. The molecule has 2 aromatic carbocycles. The van der Waals surface area contributed by atoms with E-state index in [-0.39, 0.29) is 17.9 Å². The maximum atomic E-state index is 12.5. The van der Waals surface area contributed by atoms with Gasteiger partial charge in [-0.3, -0.25) is 24.5 Å². The Morgan fingerprint density at radius 3 is 2.41 bits per heavy atom. The first-order chi connectivity index (χ1) is 10.5. The Balaban J connectivity index is 2.08. The van der Waals surface area contributed by atoms with Gasteiger partial charge >= 0.3 is 0 Å². The molecule has 8 nitrogen and oxygen atoms in total. The first kappa shape index (κ1) is 14.1. The molecule has 2 aromatic rings. The van der Waals surface area contributed by atoms with Crippen molar-refractivity contribution in [1.29, 1.82) is 0 Å². The molecule has 0 saturated carbocycles. The molecule has 0 N–H and O–H groups in total. The third-order valence-electron chi connectivity index (χ3n) is 3.31. The van der Waals surface area contributed by atoms with E-state index in [1.807, 2.05) is 0 Å². The lowest BCUT2D eigenvalue weighted by molar-refractivity contribution is -0.393. The standard InChI is InChI=1S/C13H9N3O5S/c17-15(18)10-5-6-11(12(7-10)16(19)20)14-8-9-3-1-2-4-13(9)22(14)21/h1-7H,8H2. The topological polar surface area (TPSA) is 107 Å². The second kappa shape index (κ2) is 5.19. The average Bonchev–Trinajstić information content (AvgIpc) is 2.84. The van der Waals surface area contributed by atoms with Gasteiger partial charge in [0.05, 0.1) is 27.4 Å². The summed E-state index contributed by atoms with van der Waals surface area (Å²) >= 11 is 0. The van der Waals surface area contributed by atoms with Gasteiger partial charge < -0.3 is 0 Å². The number of fused-ring (bicyclic) bond motifs is 1. The molecule has 1 atom stereocenters. The predicted molar refractivity (Wildman–Crippen MR) is 78.8 cm³/mol. The molecule has 0 aromatic heterocycles. The van der Waals surface area contributed by atoms with Gasteiger partial charge in [-0.2, -0.15) is 0 Å².